The molecule has 0 saturated heterocycles. The maximum atomic E-state index is 2.44. The van der Waals surface area contributed by atoms with Crippen LogP contribution in [0.3, 0.4) is 0 Å². The maximum absolute atomic E-state index is 2.44. The summed E-state index contributed by atoms with van der Waals surface area (Å²) in [5, 5.41) is 23.4. The van der Waals surface area contributed by atoms with E-state index >= 15 is 0 Å². The minimum absolute atomic E-state index is 0.0954. The Morgan fingerprint density at radius 2 is 0.425 bits per heavy atom. The van der Waals surface area contributed by atoms with Crippen LogP contribution in [0.4, 0.5) is 0 Å². The van der Waals surface area contributed by atoms with E-state index in [1.807, 2.05) is 34.0 Å². The molecule has 0 atom stereocenters. The highest BCUT2D eigenvalue weighted by Gasteiger charge is 2.26. The van der Waals surface area contributed by atoms with Gasteiger partial charge in [-0.2, -0.15) is 0 Å². The van der Waals surface area contributed by atoms with Crippen LogP contribution in [0.2, 0.25) is 0 Å². The molecule has 0 saturated carbocycles. The molecule has 0 bridgehead atoms. The van der Waals surface area contributed by atoms with Crippen LogP contribution in [0.25, 0.3) is 259 Å². The third kappa shape index (κ3) is 16.8. The molecular weight excluding hydrogens is 1810 g/mol. The van der Waals surface area contributed by atoms with Crippen LogP contribution in [-0.2, 0) is 11.8 Å². The second-order valence-electron chi connectivity index (χ2n) is 40.3. The van der Waals surface area contributed by atoms with Crippen LogP contribution < -0.4 is 0 Å². The molecule has 0 amide bonds. The minimum atomic E-state index is 0.0954. The number of hydrogen-bond acceptors (Lipinski definition) is 3. The Kier molecular flexibility index (Phi) is 24.0. The fourth-order valence-corrected chi connectivity index (χ4v) is 26.4. The van der Waals surface area contributed by atoms with Crippen LogP contribution in [0.5, 0.6) is 0 Å². The predicted octanol–water partition coefficient (Wildman–Crippen LogP) is 42.9. The molecule has 0 spiro atoms. The Labute approximate surface area is 865 Å². The molecule has 3 heterocycles. The second-order valence-corrected chi connectivity index (χ2v) is 43.4. The number of aryl methyl sites for hydroxylation is 1. The lowest BCUT2D eigenvalue weighted by Crippen LogP contribution is -2.10. The Morgan fingerprint density at radius 3 is 0.733 bits per heavy atom. The fraction of sp³-hybridized carbons (Fsp3) is 0.0769. The van der Waals surface area contributed by atoms with E-state index in [-0.39, 0.29) is 5.41 Å². The molecule has 146 heavy (non-hydrogen) atoms. The number of fused-ring (bicyclic) bond motifs is 15. The lowest BCUT2D eigenvalue weighted by atomic mass is 9.83. The van der Waals surface area contributed by atoms with Gasteiger partial charge in [-0.1, -0.05) is 485 Å². The van der Waals surface area contributed by atoms with Gasteiger partial charge in [-0.05, 0) is 294 Å². The number of benzene rings is 24. The molecule has 0 aliphatic heterocycles. The molecule has 3 heteroatoms. The van der Waals surface area contributed by atoms with E-state index in [0.717, 1.165) is 6.42 Å². The molecule has 27 aromatic rings. The van der Waals surface area contributed by atoms with Crippen molar-refractivity contribution in [2.45, 2.75) is 72.1 Å². The molecule has 24 aromatic carbocycles. The minimum Gasteiger partial charge on any atom is -0.135 e. The van der Waals surface area contributed by atoms with Gasteiger partial charge in [-0.25, -0.2) is 0 Å². The van der Waals surface area contributed by atoms with E-state index in [1.165, 1.54) is 288 Å². The standard InChI is InChI=1S/2C48H36S.C47H34S/c1-48(2,3)36-26-23-32(24-27-36)46-40-19-8-7-18-39(40)45(31-13-5-4-6-14-31)41-28-25-34(30-43(41)46)33-15-11-16-35(29-33)37-20-12-21-42-38-17-9-10-22-44(38)49-47(37)42;1-2-3-13-32-24-26-34(27-25-32)47-41-20-8-7-19-40(41)46(33-14-5-4-6-15-33)42-29-28-36(31-44(42)47)35-16-11-17-37(30-35)38-21-12-22-43-39-18-9-10-23-45(39)49-48(38)43;1-30(2)31-22-24-33(25-23-31)46-40-18-7-6-17-39(40)45(32-12-4-3-5-13-32)41-27-26-35(29-43(41)46)34-14-10-15-36(28-34)37-19-11-20-42-38-16-8-9-21-44(38)48-47(37)42/h4-30H,1-3H3;4-12,14-31H,2-3,13H2,1H3;3-30H,1-2H3. The van der Waals surface area contributed by atoms with E-state index < -0.39 is 0 Å². The first-order valence-electron chi connectivity index (χ1n) is 51.3. The van der Waals surface area contributed by atoms with Gasteiger partial charge in [-0.3, -0.25) is 0 Å². The lowest BCUT2D eigenvalue weighted by Gasteiger charge is -2.21. The molecule has 0 unspecified atom stereocenters. The van der Waals surface area contributed by atoms with E-state index in [1.54, 1.807) is 0 Å². The zero-order valence-corrected chi connectivity index (χ0v) is 85.1. The topological polar surface area (TPSA) is 0 Å². The van der Waals surface area contributed by atoms with E-state index in [4.69, 9.17) is 0 Å². The first-order valence-corrected chi connectivity index (χ1v) is 53.7. The third-order valence-electron chi connectivity index (χ3n) is 30.0. The summed E-state index contributed by atoms with van der Waals surface area (Å²) in [5.41, 5.74) is 34.4. The molecule has 3 aromatic heterocycles. The zero-order valence-electron chi connectivity index (χ0n) is 82.7. The molecule has 0 fully saturated rings. The summed E-state index contributed by atoms with van der Waals surface area (Å²) in [5.74, 6) is 0.491. The normalized spacial score (nSPS) is 11.8. The average Bonchev–Trinajstić information content (AvgIpc) is 1.11. The molecule has 27 rings (SSSR count). The SMILES string of the molecule is CC(C)(C)c1ccc(-c2c3ccccc3c(-c3ccccc3)c3ccc(-c4cccc(-c5cccc6c5sc5ccccc56)c4)cc23)cc1.CC(C)c1ccc(-c2c3ccccc3c(-c3ccccc3)c3ccc(-c4cccc(-c5cccc6c5sc5ccccc56)c4)cc23)cc1.CCCCc1ccc(-c2c3ccccc3c(-c3ccccc3)c3ccc(-c4cccc(-c5cccc6c5sc5ccccc56)c4)cc23)cc1. The molecule has 0 radical (unpaired) electrons. The number of rotatable bonds is 16. The smallest absolute Gasteiger partial charge is 0.0433 e. The van der Waals surface area contributed by atoms with Crippen LogP contribution >= 0.6 is 34.0 Å². The first kappa shape index (κ1) is 90.8. The Hall–Kier alpha value is -16.5. The van der Waals surface area contributed by atoms with Gasteiger partial charge in [0.25, 0.3) is 0 Å². The number of hydrogen-bond donors (Lipinski definition) is 0. The molecule has 696 valence electrons. The monoisotopic (exact) mass is 1920 g/mol. The van der Waals surface area contributed by atoms with Gasteiger partial charge in [0.05, 0.1) is 0 Å². The zero-order chi connectivity index (χ0) is 98.0. The highest BCUT2D eigenvalue weighted by molar-refractivity contribution is 7.27. The van der Waals surface area contributed by atoms with Gasteiger partial charge in [0.15, 0.2) is 0 Å². The van der Waals surface area contributed by atoms with Gasteiger partial charge < -0.3 is 0 Å². The van der Waals surface area contributed by atoms with Crippen LogP contribution in [0.15, 0.2) is 491 Å². The van der Waals surface area contributed by atoms with Crippen molar-refractivity contribution >= 4 is 159 Å². The van der Waals surface area contributed by atoms with Gasteiger partial charge in [0.1, 0.15) is 0 Å². The van der Waals surface area contributed by atoms with Crippen LogP contribution in [-0.4, -0.2) is 0 Å². The largest absolute Gasteiger partial charge is 0.135 e. The van der Waals surface area contributed by atoms with Gasteiger partial charge in [0.2, 0.25) is 0 Å². The maximum Gasteiger partial charge on any atom is 0.0433 e. The van der Waals surface area contributed by atoms with Crippen molar-refractivity contribution in [2.75, 3.05) is 0 Å². The van der Waals surface area contributed by atoms with Crippen LogP contribution in [0.1, 0.15) is 77.0 Å². The van der Waals surface area contributed by atoms with Gasteiger partial charge in [0, 0.05) is 60.5 Å². The summed E-state index contributed by atoms with van der Waals surface area (Å²) in [6.45, 7) is 13.6. The molecule has 0 nitrogen and oxygen atoms in total. The fourth-order valence-electron chi connectivity index (χ4n) is 22.7. The van der Waals surface area contributed by atoms with Crippen molar-refractivity contribution in [3.63, 3.8) is 0 Å². The summed E-state index contributed by atoms with van der Waals surface area (Å²) < 4.78 is 8.05. The molecule has 0 aliphatic rings. The highest BCUT2D eigenvalue weighted by atomic mass is 32.1. The Bertz CT molecular complexity index is 9690. The number of thiophene rings is 3. The highest BCUT2D eigenvalue weighted by Crippen LogP contribution is 2.53. The molecule has 0 N–H and O–H groups in total. The van der Waals surface area contributed by atoms with Crippen molar-refractivity contribution in [2.24, 2.45) is 0 Å². The lowest BCUT2D eigenvalue weighted by molar-refractivity contribution is 0.590. The van der Waals surface area contributed by atoms with Crippen molar-refractivity contribution in [1.82, 2.24) is 0 Å². The van der Waals surface area contributed by atoms with E-state index in [2.05, 4.69) is 533 Å². The van der Waals surface area contributed by atoms with Crippen molar-refractivity contribution < 1.29 is 0 Å². The number of unbranched alkanes of at least 4 members (excludes halogenated alkanes) is 1. The predicted molar refractivity (Wildman–Crippen MR) is 640 cm³/mol. The first-order chi connectivity index (χ1) is 71.8. The van der Waals surface area contributed by atoms with Gasteiger partial charge in [-0.15, -0.1) is 34.0 Å². The molecular formula is C143H106S3. The summed E-state index contributed by atoms with van der Waals surface area (Å²) in [6.07, 6.45) is 3.55. The summed E-state index contributed by atoms with van der Waals surface area (Å²) in [4.78, 5) is 0. The third-order valence-corrected chi connectivity index (χ3v) is 33.6. The Balaban J connectivity index is 0.000000114. The Morgan fingerprint density at radius 1 is 0.192 bits per heavy atom. The van der Waals surface area contributed by atoms with E-state index in [9.17, 15) is 0 Å². The summed E-state index contributed by atoms with van der Waals surface area (Å²) >= 11 is 5.67. The summed E-state index contributed by atoms with van der Waals surface area (Å²) in [7, 11) is 0. The van der Waals surface area contributed by atoms with Gasteiger partial charge >= 0.3 is 0 Å². The van der Waals surface area contributed by atoms with E-state index in [0.29, 0.717) is 5.92 Å². The quantitative estimate of drug-likeness (QED) is 0.0846. The van der Waals surface area contributed by atoms with Crippen molar-refractivity contribution in [3.8, 4) is 134 Å². The molecule has 0 aliphatic carbocycles. The summed E-state index contributed by atoms with van der Waals surface area (Å²) in [6, 6.07) is 182. The average molecular weight is 1920 g/mol. The van der Waals surface area contributed by atoms with Crippen molar-refractivity contribution in [3.05, 3.63) is 508 Å². The van der Waals surface area contributed by atoms with Crippen LogP contribution in [0, 0.1) is 0 Å². The second kappa shape index (κ2) is 38.6. The van der Waals surface area contributed by atoms with Crippen molar-refractivity contribution in [1.29, 1.82) is 0 Å².